The van der Waals surface area contributed by atoms with Crippen LogP contribution in [-0.4, -0.2) is 37.7 Å². The lowest BCUT2D eigenvalue weighted by atomic mass is 10.2. The van der Waals surface area contributed by atoms with E-state index < -0.39 is 24.5 Å². The molecule has 0 saturated carbocycles. The van der Waals surface area contributed by atoms with E-state index in [0.717, 1.165) is 0 Å². The minimum atomic E-state index is -0.748. The van der Waals surface area contributed by atoms with E-state index in [1.807, 2.05) is 20.8 Å². The molecule has 2 N–H and O–H groups in total. The highest BCUT2D eigenvalue weighted by molar-refractivity contribution is 6.02. The molecule has 1 aromatic rings. The number of allylic oxidation sites excluding steroid dienone is 1. The monoisotopic (exact) mass is 364 g/mol. The maximum atomic E-state index is 11.8. The van der Waals surface area contributed by atoms with Gasteiger partial charge in [-0.25, -0.2) is 9.59 Å². The van der Waals surface area contributed by atoms with Gasteiger partial charge in [0.25, 0.3) is 5.91 Å². The molecule has 0 radical (unpaired) electrons. The molecule has 0 atom stereocenters. The van der Waals surface area contributed by atoms with Gasteiger partial charge in [0.05, 0.1) is 13.2 Å². The molecule has 1 rings (SSSR count). The smallest absolute Gasteiger partial charge is 0.330 e. The second-order valence-electron chi connectivity index (χ2n) is 4.95. The molecule has 142 valence electrons. The molecule has 0 aliphatic rings. The zero-order chi connectivity index (χ0) is 19.4. The minimum absolute atomic E-state index is 0.421. The Kier molecular flexibility index (Phi) is 9.30. The van der Waals surface area contributed by atoms with Crippen molar-refractivity contribution >= 4 is 23.6 Å². The van der Waals surface area contributed by atoms with Crippen molar-refractivity contribution < 1.29 is 28.6 Å². The number of carbonyl (C=O) groups excluding carboxylic acids is 3. The van der Waals surface area contributed by atoms with Crippen LogP contribution in [0.15, 0.2) is 30.4 Å². The average molecular weight is 364 g/mol. The number of ether oxygens (including phenoxy) is 3. The van der Waals surface area contributed by atoms with Crippen LogP contribution in [0.2, 0.25) is 0 Å². The van der Waals surface area contributed by atoms with E-state index in [1.54, 1.807) is 24.3 Å². The van der Waals surface area contributed by atoms with Gasteiger partial charge < -0.3 is 19.5 Å². The lowest BCUT2D eigenvalue weighted by molar-refractivity contribution is -0.143. The number of benzene rings is 1. The zero-order valence-corrected chi connectivity index (χ0v) is 15.2. The number of imide groups is 1. The van der Waals surface area contributed by atoms with Gasteiger partial charge in [0.15, 0.2) is 18.1 Å². The highest BCUT2D eigenvalue weighted by Gasteiger charge is 2.12. The molecule has 0 aliphatic carbocycles. The SMILES string of the molecule is CC/C=C/C(=O)OCC(=O)NC(=O)Nc1ccc(OCC)c(OCC)c1. The number of anilines is 1. The summed E-state index contributed by atoms with van der Waals surface area (Å²) in [7, 11) is 0. The second kappa shape index (κ2) is 11.5. The van der Waals surface area contributed by atoms with Crippen molar-refractivity contribution in [2.45, 2.75) is 27.2 Å². The van der Waals surface area contributed by atoms with Crippen LogP contribution in [0.3, 0.4) is 0 Å². The van der Waals surface area contributed by atoms with Gasteiger partial charge in [-0.05, 0) is 32.4 Å². The highest BCUT2D eigenvalue weighted by atomic mass is 16.5. The largest absolute Gasteiger partial charge is 0.490 e. The third-order valence-electron chi connectivity index (χ3n) is 2.89. The number of nitrogens with one attached hydrogen (secondary N) is 2. The summed E-state index contributed by atoms with van der Waals surface area (Å²) in [4.78, 5) is 34.7. The Balaban J connectivity index is 2.56. The van der Waals surface area contributed by atoms with Gasteiger partial charge >= 0.3 is 12.0 Å². The van der Waals surface area contributed by atoms with Gasteiger partial charge in [-0.15, -0.1) is 0 Å². The van der Waals surface area contributed by atoms with Crippen LogP contribution in [0.1, 0.15) is 27.2 Å². The maximum Gasteiger partial charge on any atom is 0.330 e. The summed E-state index contributed by atoms with van der Waals surface area (Å²) >= 11 is 0. The molecule has 0 bridgehead atoms. The summed E-state index contributed by atoms with van der Waals surface area (Å²) in [5.41, 5.74) is 0.421. The Hall–Kier alpha value is -3.03. The summed E-state index contributed by atoms with van der Waals surface area (Å²) in [5.74, 6) is -0.342. The Labute approximate surface area is 152 Å². The van der Waals surface area contributed by atoms with Crippen molar-refractivity contribution in [3.63, 3.8) is 0 Å². The molecular weight excluding hydrogens is 340 g/mol. The maximum absolute atomic E-state index is 11.8. The first kappa shape index (κ1) is 21.0. The van der Waals surface area contributed by atoms with Gasteiger partial charge in [0.2, 0.25) is 0 Å². The summed E-state index contributed by atoms with van der Waals surface area (Å²) in [5, 5.41) is 4.57. The van der Waals surface area contributed by atoms with E-state index in [4.69, 9.17) is 14.2 Å². The first-order chi connectivity index (χ1) is 12.5. The summed E-state index contributed by atoms with van der Waals surface area (Å²) in [6.45, 7) is 5.91. The first-order valence-electron chi connectivity index (χ1n) is 8.33. The van der Waals surface area contributed by atoms with Gasteiger partial charge in [-0.1, -0.05) is 13.0 Å². The highest BCUT2D eigenvalue weighted by Crippen LogP contribution is 2.30. The molecule has 0 aromatic heterocycles. The van der Waals surface area contributed by atoms with Crippen LogP contribution < -0.4 is 20.1 Å². The van der Waals surface area contributed by atoms with E-state index in [1.165, 1.54) is 6.08 Å². The van der Waals surface area contributed by atoms with Crippen molar-refractivity contribution in [1.29, 1.82) is 0 Å². The molecule has 0 saturated heterocycles. The van der Waals surface area contributed by atoms with Crippen molar-refractivity contribution in [2.24, 2.45) is 0 Å². The van der Waals surface area contributed by atoms with E-state index in [-0.39, 0.29) is 0 Å². The number of hydrogen-bond donors (Lipinski definition) is 2. The van der Waals surface area contributed by atoms with Crippen LogP contribution in [0.4, 0.5) is 10.5 Å². The normalized spacial score (nSPS) is 10.3. The minimum Gasteiger partial charge on any atom is -0.490 e. The van der Waals surface area contributed by atoms with Gasteiger partial charge in [-0.3, -0.25) is 10.1 Å². The van der Waals surface area contributed by atoms with Crippen molar-refractivity contribution in [1.82, 2.24) is 5.32 Å². The third-order valence-corrected chi connectivity index (χ3v) is 2.89. The summed E-state index contributed by atoms with van der Waals surface area (Å²) < 4.78 is 15.6. The van der Waals surface area contributed by atoms with Crippen molar-refractivity contribution in [2.75, 3.05) is 25.1 Å². The number of esters is 1. The van der Waals surface area contributed by atoms with E-state index >= 15 is 0 Å². The summed E-state index contributed by atoms with van der Waals surface area (Å²) in [6, 6.07) is 4.12. The Bertz CT molecular complexity index is 657. The fraction of sp³-hybridized carbons (Fsp3) is 0.389. The lowest BCUT2D eigenvalue weighted by Gasteiger charge is -2.13. The predicted octanol–water partition coefficient (Wildman–Crippen LogP) is 2.64. The standard InChI is InChI=1S/C18H24N2O6/c1-4-7-8-17(22)26-12-16(21)20-18(23)19-13-9-10-14(24-5-2)15(11-13)25-6-3/h7-11H,4-6,12H2,1-3H3,(H2,19,20,21,23)/b8-7+. The van der Waals surface area contributed by atoms with Crippen LogP contribution in [-0.2, 0) is 14.3 Å². The molecule has 1 aromatic carbocycles. The van der Waals surface area contributed by atoms with E-state index in [0.29, 0.717) is 36.8 Å². The molecule has 0 heterocycles. The second-order valence-corrected chi connectivity index (χ2v) is 4.95. The molecule has 0 aliphatic heterocycles. The fourth-order valence-electron chi connectivity index (χ4n) is 1.85. The fourth-order valence-corrected chi connectivity index (χ4v) is 1.85. The predicted molar refractivity (Wildman–Crippen MR) is 96.3 cm³/mol. The first-order valence-corrected chi connectivity index (χ1v) is 8.33. The lowest BCUT2D eigenvalue weighted by Crippen LogP contribution is -2.37. The Morgan fingerprint density at radius 1 is 1.04 bits per heavy atom. The molecule has 26 heavy (non-hydrogen) atoms. The zero-order valence-electron chi connectivity index (χ0n) is 15.2. The third kappa shape index (κ3) is 7.69. The average Bonchev–Trinajstić information content (AvgIpc) is 2.60. The molecule has 0 fully saturated rings. The van der Waals surface area contributed by atoms with Crippen molar-refractivity contribution in [3.05, 3.63) is 30.4 Å². The molecule has 3 amide bonds. The van der Waals surface area contributed by atoms with Crippen LogP contribution >= 0.6 is 0 Å². The van der Waals surface area contributed by atoms with Gasteiger partial charge in [0, 0.05) is 17.8 Å². The van der Waals surface area contributed by atoms with Crippen molar-refractivity contribution in [3.8, 4) is 11.5 Å². The van der Waals surface area contributed by atoms with E-state index in [9.17, 15) is 14.4 Å². The topological polar surface area (TPSA) is 103 Å². The Morgan fingerprint density at radius 3 is 2.38 bits per heavy atom. The molecule has 8 nitrogen and oxygen atoms in total. The number of amides is 3. The molecule has 0 unspecified atom stereocenters. The van der Waals surface area contributed by atoms with E-state index in [2.05, 4.69) is 10.6 Å². The quantitative estimate of drug-likeness (QED) is 0.516. The van der Waals surface area contributed by atoms with Crippen LogP contribution in [0, 0.1) is 0 Å². The molecule has 8 heteroatoms. The number of urea groups is 1. The number of rotatable bonds is 9. The molecule has 0 spiro atoms. The van der Waals surface area contributed by atoms with Gasteiger partial charge in [-0.2, -0.15) is 0 Å². The number of carbonyl (C=O) groups is 3. The van der Waals surface area contributed by atoms with Gasteiger partial charge in [0.1, 0.15) is 0 Å². The molecular formula is C18H24N2O6. The summed E-state index contributed by atoms with van der Waals surface area (Å²) in [6.07, 6.45) is 3.51. The Morgan fingerprint density at radius 2 is 1.73 bits per heavy atom. The number of hydrogen-bond acceptors (Lipinski definition) is 6. The van der Waals surface area contributed by atoms with Crippen LogP contribution in [0.5, 0.6) is 11.5 Å². The van der Waals surface area contributed by atoms with Crippen LogP contribution in [0.25, 0.3) is 0 Å².